The molecule has 0 aliphatic heterocycles. The van der Waals surface area contributed by atoms with E-state index in [1.54, 1.807) is 13.0 Å². The highest BCUT2D eigenvalue weighted by atomic mass is 19.4. The van der Waals surface area contributed by atoms with E-state index in [1.807, 2.05) is 42.1 Å². The maximum atomic E-state index is 13.5. The van der Waals surface area contributed by atoms with E-state index in [4.69, 9.17) is 0 Å². The number of aromatic nitrogens is 3. The number of carbonyl (C=O) groups excluding carboxylic acids is 2. The summed E-state index contributed by atoms with van der Waals surface area (Å²) in [6.07, 6.45) is -6.79. The number of halogens is 6. The second-order valence-electron chi connectivity index (χ2n) is 9.96. The lowest BCUT2D eigenvalue weighted by Crippen LogP contribution is -2.39. The Morgan fingerprint density at radius 1 is 1.00 bits per heavy atom. The normalized spacial score (nSPS) is 12.8. The van der Waals surface area contributed by atoms with Gasteiger partial charge in [-0.3, -0.25) is 14.9 Å². The summed E-state index contributed by atoms with van der Waals surface area (Å²) in [5.74, 6) is -1.43. The van der Waals surface area contributed by atoms with Gasteiger partial charge in [0.05, 0.1) is 11.1 Å². The van der Waals surface area contributed by atoms with Gasteiger partial charge in [0.25, 0.3) is 5.91 Å². The zero-order valence-electron chi connectivity index (χ0n) is 22.8. The van der Waals surface area contributed by atoms with Crippen LogP contribution in [0.5, 0.6) is 0 Å². The fourth-order valence-electron chi connectivity index (χ4n) is 4.72. The summed E-state index contributed by atoms with van der Waals surface area (Å²) in [4.78, 5) is 35.3. The van der Waals surface area contributed by atoms with Gasteiger partial charge in [0, 0.05) is 61.1 Å². The smallest absolute Gasteiger partial charge is 0.350 e. The van der Waals surface area contributed by atoms with Crippen LogP contribution in [0.25, 0.3) is 10.9 Å². The van der Waals surface area contributed by atoms with Crippen molar-refractivity contribution >= 4 is 28.7 Å². The number of hydrogen-bond acceptors (Lipinski definition) is 4. The number of aryl methyl sites for hydroxylation is 2. The van der Waals surface area contributed by atoms with E-state index in [9.17, 15) is 35.9 Å². The molecule has 7 nitrogen and oxygen atoms in total. The number of benzene rings is 2. The molecular weight excluding hydrogens is 564 g/mol. The maximum Gasteiger partial charge on any atom is 0.416 e. The number of carbonyl (C=O) groups is 2. The lowest BCUT2D eigenvalue weighted by molar-refractivity contribution is -0.143. The largest absolute Gasteiger partial charge is 0.416 e. The monoisotopic (exact) mass is 591 g/mol. The molecule has 13 heteroatoms. The molecule has 42 heavy (non-hydrogen) atoms. The molecule has 4 rings (SSSR count). The highest BCUT2D eigenvalue weighted by Gasteiger charge is 2.38. The van der Waals surface area contributed by atoms with E-state index in [1.165, 1.54) is 13.2 Å². The Labute approximate surface area is 237 Å². The molecule has 0 aliphatic carbocycles. The minimum Gasteiger partial charge on any atom is -0.350 e. The molecule has 2 aromatic heterocycles. The molecule has 0 aliphatic rings. The quantitative estimate of drug-likeness (QED) is 0.240. The molecule has 2 aromatic carbocycles. The Balaban J connectivity index is 1.65. The molecule has 0 radical (unpaired) electrons. The van der Waals surface area contributed by atoms with Gasteiger partial charge in [-0.1, -0.05) is 18.2 Å². The Morgan fingerprint density at radius 3 is 2.26 bits per heavy atom. The van der Waals surface area contributed by atoms with Gasteiger partial charge in [-0.05, 0) is 55.7 Å². The van der Waals surface area contributed by atoms with Crippen LogP contribution >= 0.6 is 0 Å². The first-order valence-electron chi connectivity index (χ1n) is 12.8. The van der Waals surface area contributed by atoms with Crippen molar-refractivity contribution in [2.75, 3.05) is 12.4 Å². The van der Waals surface area contributed by atoms with Gasteiger partial charge in [-0.2, -0.15) is 26.3 Å². The van der Waals surface area contributed by atoms with Gasteiger partial charge in [0.2, 0.25) is 11.9 Å². The highest BCUT2D eigenvalue weighted by Crippen LogP contribution is 2.37. The Bertz CT molecular complexity index is 1580. The second kappa shape index (κ2) is 11.8. The van der Waals surface area contributed by atoms with Gasteiger partial charge in [0.15, 0.2) is 0 Å². The van der Waals surface area contributed by atoms with Crippen LogP contribution in [-0.2, 0) is 30.6 Å². The number of para-hydroxylation sites is 1. The zero-order chi connectivity index (χ0) is 30.8. The summed E-state index contributed by atoms with van der Waals surface area (Å²) in [7, 11) is 3.12. The molecule has 0 bridgehead atoms. The first-order valence-corrected chi connectivity index (χ1v) is 12.8. The summed E-state index contributed by atoms with van der Waals surface area (Å²) in [5, 5.41) is 3.43. The summed E-state index contributed by atoms with van der Waals surface area (Å²) < 4.78 is 82.6. The van der Waals surface area contributed by atoms with E-state index in [0.29, 0.717) is 17.8 Å². The van der Waals surface area contributed by atoms with E-state index >= 15 is 0 Å². The fraction of sp³-hybridized carbons (Fsp3) is 0.310. The van der Waals surface area contributed by atoms with Crippen molar-refractivity contribution in [1.29, 1.82) is 0 Å². The SMILES string of the molecule is Cc1ccnc(NC(=O)CCC(Cc2cn(C)c3ccccc23)N(C)C(=O)c2cc(C(F)(F)F)cc(C(F)(F)F)c2)n1. The summed E-state index contributed by atoms with van der Waals surface area (Å²) in [6, 6.07) is 9.10. The number of rotatable bonds is 8. The molecule has 1 atom stereocenters. The Kier molecular flexibility index (Phi) is 8.60. The number of amides is 2. The highest BCUT2D eigenvalue weighted by molar-refractivity contribution is 5.95. The average molecular weight is 592 g/mol. The van der Waals surface area contributed by atoms with Crippen molar-refractivity contribution in [2.24, 2.45) is 7.05 Å². The molecule has 222 valence electrons. The number of hydrogen-bond donors (Lipinski definition) is 1. The molecule has 1 unspecified atom stereocenters. The topological polar surface area (TPSA) is 80.1 Å². The molecule has 1 N–H and O–H groups in total. The van der Waals surface area contributed by atoms with Crippen molar-refractivity contribution < 1.29 is 35.9 Å². The summed E-state index contributed by atoms with van der Waals surface area (Å²) >= 11 is 0. The standard InChI is InChI=1S/C29H27F6N5O2/c1-17-10-11-36-27(37-17)38-25(41)9-8-22(14-19-16-39(2)24-7-5-4-6-23(19)24)40(3)26(42)18-12-20(28(30,31)32)15-21(13-18)29(33,34)35/h4-7,10-13,15-16,22H,8-9,14H2,1-3H3,(H,36,37,38,41). The predicted octanol–water partition coefficient (Wildman–Crippen LogP) is 6.42. The molecule has 2 heterocycles. The number of fused-ring (bicyclic) bond motifs is 1. The molecule has 0 spiro atoms. The summed E-state index contributed by atoms with van der Waals surface area (Å²) in [6.45, 7) is 1.72. The minimum atomic E-state index is -5.10. The first kappa shape index (κ1) is 30.5. The van der Waals surface area contributed by atoms with E-state index in [-0.39, 0.29) is 31.3 Å². The second-order valence-corrected chi connectivity index (χ2v) is 9.96. The molecule has 2 amide bonds. The van der Waals surface area contributed by atoms with E-state index in [0.717, 1.165) is 21.4 Å². The average Bonchev–Trinajstić information content (AvgIpc) is 3.24. The van der Waals surface area contributed by atoms with Crippen LogP contribution in [0.1, 0.15) is 45.6 Å². The van der Waals surface area contributed by atoms with Crippen LogP contribution in [0.4, 0.5) is 32.3 Å². The molecule has 0 saturated heterocycles. The van der Waals surface area contributed by atoms with Crippen LogP contribution in [0.15, 0.2) is 60.9 Å². The third-order valence-corrected chi connectivity index (χ3v) is 6.89. The first-order chi connectivity index (χ1) is 19.6. The van der Waals surface area contributed by atoms with Crippen LogP contribution in [-0.4, -0.2) is 44.3 Å². The number of nitrogens with zero attached hydrogens (tertiary/aromatic N) is 4. The predicted molar refractivity (Wildman–Crippen MR) is 144 cm³/mol. The molecule has 0 fully saturated rings. The maximum absolute atomic E-state index is 13.5. The van der Waals surface area contributed by atoms with Crippen molar-refractivity contribution in [3.8, 4) is 0 Å². The third-order valence-electron chi connectivity index (χ3n) is 6.89. The van der Waals surface area contributed by atoms with Crippen LogP contribution in [0.2, 0.25) is 0 Å². The third kappa shape index (κ3) is 7.07. The lowest BCUT2D eigenvalue weighted by atomic mass is 9.98. The minimum absolute atomic E-state index is 0.0257. The van der Waals surface area contributed by atoms with Gasteiger partial charge < -0.3 is 9.47 Å². The van der Waals surface area contributed by atoms with Crippen LogP contribution in [0, 0.1) is 6.92 Å². The molecular formula is C29H27F6N5O2. The van der Waals surface area contributed by atoms with Crippen LogP contribution in [0.3, 0.4) is 0 Å². The van der Waals surface area contributed by atoms with Gasteiger partial charge in [0.1, 0.15) is 0 Å². The number of likely N-dealkylation sites (N-methyl/N-ethyl adjacent to an activating group) is 1. The number of nitrogens with one attached hydrogen (secondary N) is 1. The van der Waals surface area contributed by atoms with Crippen molar-refractivity contribution in [1.82, 2.24) is 19.4 Å². The molecule has 4 aromatic rings. The lowest BCUT2D eigenvalue weighted by Gasteiger charge is -2.29. The van der Waals surface area contributed by atoms with Crippen LogP contribution < -0.4 is 5.32 Å². The Morgan fingerprint density at radius 2 is 1.64 bits per heavy atom. The van der Waals surface area contributed by atoms with E-state index < -0.39 is 46.9 Å². The summed E-state index contributed by atoms with van der Waals surface area (Å²) in [5.41, 5.74) is -1.63. The van der Waals surface area contributed by atoms with Crippen molar-refractivity contribution in [2.45, 2.75) is 44.6 Å². The zero-order valence-corrected chi connectivity index (χ0v) is 22.8. The number of anilines is 1. The van der Waals surface area contributed by atoms with E-state index in [2.05, 4.69) is 15.3 Å². The molecule has 0 saturated carbocycles. The van der Waals surface area contributed by atoms with Crippen molar-refractivity contribution in [3.05, 3.63) is 88.9 Å². The van der Waals surface area contributed by atoms with Gasteiger partial charge in [-0.15, -0.1) is 0 Å². The van der Waals surface area contributed by atoms with Gasteiger partial charge >= 0.3 is 12.4 Å². The fourth-order valence-corrected chi connectivity index (χ4v) is 4.72. The van der Waals surface area contributed by atoms with Gasteiger partial charge in [-0.25, -0.2) is 9.97 Å². The van der Waals surface area contributed by atoms with Crippen molar-refractivity contribution in [3.63, 3.8) is 0 Å². The number of alkyl halides is 6. The Hall–Kier alpha value is -4.42.